The molecule has 0 saturated carbocycles. The summed E-state index contributed by atoms with van der Waals surface area (Å²) in [6.07, 6.45) is 42.6. The van der Waals surface area contributed by atoms with Crippen LogP contribution in [0.15, 0.2) is 0 Å². The van der Waals surface area contributed by atoms with Crippen molar-refractivity contribution in [1.29, 1.82) is 0 Å². The Morgan fingerprint density at radius 2 is 0.727 bits per heavy atom. The van der Waals surface area contributed by atoms with Gasteiger partial charge in [0, 0.05) is 19.3 Å². The molecule has 262 valence electrons. The first kappa shape index (κ1) is 43.1. The molecule has 0 fully saturated rings. The minimum Gasteiger partial charge on any atom is -0.466 e. The van der Waals surface area contributed by atoms with Gasteiger partial charge in [-0.25, -0.2) is 0 Å². The summed E-state index contributed by atoms with van der Waals surface area (Å²) in [4.78, 5) is 24.2. The second-order valence-electron chi connectivity index (χ2n) is 14.1. The molecule has 0 atom stereocenters. The molecule has 3 nitrogen and oxygen atoms in total. The van der Waals surface area contributed by atoms with Crippen LogP contribution in [-0.4, -0.2) is 18.4 Å². The zero-order valence-electron chi connectivity index (χ0n) is 30.6. The summed E-state index contributed by atoms with van der Waals surface area (Å²) in [5, 5.41) is 0. The lowest BCUT2D eigenvalue weighted by atomic mass is 9.90. The Morgan fingerprint density at radius 3 is 1.16 bits per heavy atom. The summed E-state index contributed by atoms with van der Waals surface area (Å²) in [6.45, 7) is 7.35. The van der Waals surface area contributed by atoms with E-state index in [-0.39, 0.29) is 5.97 Å². The van der Waals surface area contributed by atoms with Crippen LogP contribution in [0.25, 0.3) is 0 Å². The molecule has 0 aromatic rings. The Balaban J connectivity index is 4.05. The van der Waals surface area contributed by atoms with Crippen LogP contribution in [0.2, 0.25) is 0 Å². The standard InChI is InChI=1S/C41H80O3/c1-4-7-10-13-15-17-19-21-24-26-32-39(33-27-25-22-20-18-16-14-11-8-5-2)34-29-30-38-44-41(43)37-31-36-40(42)35-28-23-12-9-6-3/h39H,4-38H2,1-3H3. The summed E-state index contributed by atoms with van der Waals surface area (Å²) >= 11 is 0. The molecular weight excluding hydrogens is 540 g/mol. The van der Waals surface area contributed by atoms with Gasteiger partial charge in [-0.3, -0.25) is 9.59 Å². The van der Waals surface area contributed by atoms with Crippen molar-refractivity contribution in [2.24, 2.45) is 5.92 Å². The van der Waals surface area contributed by atoms with Crippen molar-refractivity contribution >= 4 is 11.8 Å². The molecule has 0 radical (unpaired) electrons. The minimum atomic E-state index is -0.118. The van der Waals surface area contributed by atoms with E-state index >= 15 is 0 Å². The Morgan fingerprint density at radius 1 is 0.386 bits per heavy atom. The normalized spacial score (nSPS) is 11.5. The highest BCUT2D eigenvalue weighted by Crippen LogP contribution is 2.24. The Bertz CT molecular complexity index is 562. The van der Waals surface area contributed by atoms with Crippen LogP contribution in [0.3, 0.4) is 0 Å². The molecule has 0 aromatic heterocycles. The van der Waals surface area contributed by atoms with E-state index in [1.165, 1.54) is 173 Å². The fraction of sp³-hybridized carbons (Fsp3) is 0.951. The average Bonchev–Trinajstić information content (AvgIpc) is 3.02. The maximum atomic E-state index is 12.2. The lowest BCUT2D eigenvalue weighted by molar-refractivity contribution is -0.143. The third-order valence-electron chi connectivity index (χ3n) is 9.60. The number of Topliss-reactive ketones (excluding diaryl/α,β-unsaturated/α-hetero) is 1. The number of rotatable bonds is 37. The summed E-state index contributed by atoms with van der Waals surface area (Å²) < 4.78 is 5.51. The molecule has 0 heterocycles. The van der Waals surface area contributed by atoms with E-state index in [0.29, 0.717) is 38.1 Å². The molecule has 0 N–H and O–H groups in total. The van der Waals surface area contributed by atoms with Gasteiger partial charge in [-0.15, -0.1) is 0 Å². The van der Waals surface area contributed by atoms with Crippen LogP contribution in [0.1, 0.15) is 239 Å². The topological polar surface area (TPSA) is 43.4 Å². The predicted molar refractivity (Wildman–Crippen MR) is 193 cm³/mol. The molecule has 0 aromatic carbocycles. The maximum absolute atomic E-state index is 12.2. The SMILES string of the molecule is CCCCCCCCCCCCC(CCCCCCCCCCCC)CCCCOC(=O)CCCC(=O)CCCCCCC. The highest BCUT2D eigenvalue weighted by Gasteiger charge is 2.10. The van der Waals surface area contributed by atoms with Crippen LogP contribution in [0.4, 0.5) is 0 Å². The van der Waals surface area contributed by atoms with Crippen molar-refractivity contribution < 1.29 is 14.3 Å². The van der Waals surface area contributed by atoms with Crippen LogP contribution in [0.5, 0.6) is 0 Å². The van der Waals surface area contributed by atoms with Gasteiger partial charge in [0.15, 0.2) is 0 Å². The van der Waals surface area contributed by atoms with Gasteiger partial charge in [-0.05, 0) is 31.6 Å². The van der Waals surface area contributed by atoms with E-state index in [0.717, 1.165) is 25.2 Å². The third kappa shape index (κ3) is 34.0. The van der Waals surface area contributed by atoms with E-state index in [1.54, 1.807) is 0 Å². The number of ether oxygens (including phenoxy) is 1. The largest absolute Gasteiger partial charge is 0.466 e. The molecule has 3 heteroatoms. The number of ketones is 1. The Labute approximate surface area is 277 Å². The zero-order valence-corrected chi connectivity index (χ0v) is 30.6. The first-order chi connectivity index (χ1) is 21.6. The van der Waals surface area contributed by atoms with Crippen molar-refractivity contribution in [3.63, 3.8) is 0 Å². The number of esters is 1. The quantitative estimate of drug-likeness (QED) is 0.0512. The summed E-state index contributed by atoms with van der Waals surface area (Å²) in [5.41, 5.74) is 0. The van der Waals surface area contributed by atoms with Crippen LogP contribution in [0, 0.1) is 5.92 Å². The number of hydrogen-bond donors (Lipinski definition) is 0. The monoisotopic (exact) mass is 621 g/mol. The second kappa shape index (κ2) is 36.6. The molecule has 0 spiro atoms. The number of unbranched alkanes of at least 4 members (excludes halogenated alkanes) is 23. The molecule has 0 aliphatic carbocycles. The average molecular weight is 621 g/mol. The van der Waals surface area contributed by atoms with Crippen molar-refractivity contribution in [2.75, 3.05) is 6.61 Å². The summed E-state index contributed by atoms with van der Waals surface area (Å²) in [7, 11) is 0. The number of carbonyl (C=O) groups excluding carboxylic acids is 2. The van der Waals surface area contributed by atoms with E-state index in [9.17, 15) is 9.59 Å². The highest BCUT2D eigenvalue weighted by molar-refractivity contribution is 5.79. The molecule has 0 aliphatic heterocycles. The molecular formula is C41H80O3. The van der Waals surface area contributed by atoms with Gasteiger partial charge < -0.3 is 4.74 Å². The molecule has 0 unspecified atom stereocenters. The van der Waals surface area contributed by atoms with Gasteiger partial charge in [-0.1, -0.05) is 194 Å². The number of carbonyl (C=O) groups is 2. The zero-order chi connectivity index (χ0) is 32.2. The van der Waals surface area contributed by atoms with Crippen LogP contribution < -0.4 is 0 Å². The Kier molecular flexibility index (Phi) is 35.9. The van der Waals surface area contributed by atoms with Crippen molar-refractivity contribution in [3.8, 4) is 0 Å². The van der Waals surface area contributed by atoms with E-state index in [4.69, 9.17) is 4.74 Å². The van der Waals surface area contributed by atoms with Crippen LogP contribution in [-0.2, 0) is 14.3 Å². The Hall–Kier alpha value is -0.860. The predicted octanol–water partition coefficient (Wildman–Crippen LogP) is 14.0. The summed E-state index contributed by atoms with van der Waals surface area (Å²) in [5.74, 6) is 1.04. The van der Waals surface area contributed by atoms with Gasteiger partial charge >= 0.3 is 5.97 Å². The van der Waals surface area contributed by atoms with Gasteiger partial charge in [0.25, 0.3) is 0 Å². The van der Waals surface area contributed by atoms with E-state index < -0.39 is 0 Å². The number of hydrogen-bond acceptors (Lipinski definition) is 3. The van der Waals surface area contributed by atoms with Crippen molar-refractivity contribution in [2.45, 2.75) is 239 Å². The van der Waals surface area contributed by atoms with Gasteiger partial charge in [0.1, 0.15) is 5.78 Å². The van der Waals surface area contributed by atoms with Crippen molar-refractivity contribution in [3.05, 3.63) is 0 Å². The smallest absolute Gasteiger partial charge is 0.305 e. The molecule has 44 heavy (non-hydrogen) atoms. The molecule has 0 aliphatic rings. The second-order valence-corrected chi connectivity index (χ2v) is 14.1. The molecule has 0 bridgehead atoms. The highest BCUT2D eigenvalue weighted by atomic mass is 16.5. The minimum absolute atomic E-state index is 0.118. The lowest BCUT2D eigenvalue weighted by Gasteiger charge is -2.17. The molecule has 0 amide bonds. The van der Waals surface area contributed by atoms with Crippen LogP contribution >= 0.6 is 0 Å². The van der Waals surface area contributed by atoms with E-state index in [2.05, 4.69) is 20.8 Å². The van der Waals surface area contributed by atoms with Gasteiger partial charge in [0.05, 0.1) is 6.61 Å². The third-order valence-corrected chi connectivity index (χ3v) is 9.60. The summed E-state index contributed by atoms with van der Waals surface area (Å²) in [6, 6.07) is 0. The molecule has 0 saturated heterocycles. The fourth-order valence-corrected chi connectivity index (χ4v) is 6.55. The first-order valence-corrected chi connectivity index (χ1v) is 20.3. The lowest BCUT2D eigenvalue weighted by Crippen LogP contribution is -2.08. The van der Waals surface area contributed by atoms with E-state index in [1.807, 2.05) is 0 Å². The van der Waals surface area contributed by atoms with Crippen molar-refractivity contribution in [1.82, 2.24) is 0 Å². The maximum Gasteiger partial charge on any atom is 0.305 e. The fourth-order valence-electron chi connectivity index (χ4n) is 6.55. The van der Waals surface area contributed by atoms with Gasteiger partial charge in [0.2, 0.25) is 0 Å². The molecule has 0 rings (SSSR count). The first-order valence-electron chi connectivity index (χ1n) is 20.3. The van der Waals surface area contributed by atoms with Gasteiger partial charge in [-0.2, -0.15) is 0 Å².